The fourth-order valence-corrected chi connectivity index (χ4v) is 0.781. The second kappa shape index (κ2) is 4.02. The summed E-state index contributed by atoms with van der Waals surface area (Å²) in [5, 5.41) is 0. The van der Waals surface area contributed by atoms with Crippen LogP contribution in [-0.2, 0) is 9.47 Å². The molecule has 0 radical (unpaired) electrons. The molecule has 1 heterocycles. The molecule has 2 nitrogen and oxygen atoms in total. The van der Waals surface area contributed by atoms with E-state index >= 15 is 0 Å². The highest BCUT2D eigenvalue weighted by Crippen LogP contribution is 2.46. The molecule has 1 atom stereocenters. The van der Waals surface area contributed by atoms with Crippen molar-refractivity contribution in [3.63, 3.8) is 0 Å². The molecule has 16 heavy (non-hydrogen) atoms. The highest BCUT2D eigenvalue weighted by molar-refractivity contribution is 4.91. The first-order valence-corrected chi connectivity index (χ1v) is 4.09. The van der Waals surface area contributed by atoms with E-state index in [1.165, 1.54) is 0 Å². The van der Waals surface area contributed by atoms with Crippen molar-refractivity contribution in [2.24, 2.45) is 0 Å². The van der Waals surface area contributed by atoms with Crippen LogP contribution in [0.15, 0.2) is 0 Å². The van der Waals surface area contributed by atoms with Crippen LogP contribution in [0, 0.1) is 0 Å². The van der Waals surface area contributed by atoms with E-state index in [1.807, 2.05) is 0 Å². The minimum Gasteiger partial charge on any atom is -0.372 e. The van der Waals surface area contributed by atoms with Crippen LogP contribution in [0.2, 0.25) is 0 Å². The van der Waals surface area contributed by atoms with Crippen LogP contribution >= 0.6 is 0 Å². The smallest absolute Gasteiger partial charge is 0.372 e. The van der Waals surface area contributed by atoms with Crippen molar-refractivity contribution in [2.75, 3.05) is 19.8 Å². The van der Waals surface area contributed by atoms with E-state index in [0.717, 1.165) is 0 Å². The van der Waals surface area contributed by atoms with Crippen LogP contribution in [0.5, 0.6) is 0 Å². The summed E-state index contributed by atoms with van der Waals surface area (Å²) < 4.78 is 93.0. The summed E-state index contributed by atoms with van der Waals surface area (Å²) in [7, 11) is 0. The SMILES string of the molecule is FC(F)(F)C(F)(F)C(F)(F)COC[C@@H]1CO1. The number of hydrogen-bond acceptors (Lipinski definition) is 2. The molecule has 1 fully saturated rings. The first-order chi connectivity index (χ1) is 7.08. The zero-order valence-electron chi connectivity index (χ0n) is 7.66. The average Bonchev–Trinajstić information content (AvgIpc) is 2.85. The van der Waals surface area contributed by atoms with Gasteiger partial charge in [-0.25, -0.2) is 0 Å². The molecule has 0 saturated carbocycles. The van der Waals surface area contributed by atoms with Crippen molar-refractivity contribution < 1.29 is 40.2 Å². The third kappa shape index (κ3) is 2.76. The Morgan fingerprint density at radius 2 is 1.56 bits per heavy atom. The van der Waals surface area contributed by atoms with Gasteiger partial charge in [0.2, 0.25) is 0 Å². The minimum atomic E-state index is -6.31. The number of hydrogen-bond donors (Lipinski definition) is 0. The Bertz CT molecular complexity index is 246. The number of halogens is 7. The topological polar surface area (TPSA) is 21.8 Å². The van der Waals surface area contributed by atoms with Gasteiger partial charge in [-0.15, -0.1) is 0 Å². The first-order valence-electron chi connectivity index (χ1n) is 4.09. The summed E-state index contributed by atoms with van der Waals surface area (Å²) >= 11 is 0. The maximum Gasteiger partial charge on any atom is 0.459 e. The highest BCUT2D eigenvalue weighted by Gasteiger charge is 2.73. The lowest BCUT2D eigenvalue weighted by molar-refractivity contribution is -0.361. The number of epoxide rings is 1. The van der Waals surface area contributed by atoms with Gasteiger partial charge in [0.05, 0.1) is 13.2 Å². The Hall–Kier alpha value is -0.570. The molecule has 0 aromatic heterocycles. The summed E-state index contributed by atoms with van der Waals surface area (Å²) in [5.41, 5.74) is 0. The van der Waals surface area contributed by atoms with Gasteiger partial charge in [0.15, 0.2) is 0 Å². The summed E-state index contributed by atoms with van der Waals surface area (Å²) in [6.07, 6.45) is -6.80. The van der Waals surface area contributed by atoms with Crippen LogP contribution in [0.1, 0.15) is 0 Å². The van der Waals surface area contributed by atoms with E-state index in [1.54, 1.807) is 0 Å². The molecule has 0 bridgehead atoms. The van der Waals surface area contributed by atoms with Gasteiger partial charge in [0, 0.05) is 0 Å². The van der Waals surface area contributed by atoms with Crippen molar-refractivity contribution in [1.82, 2.24) is 0 Å². The number of ether oxygens (including phenoxy) is 2. The predicted octanol–water partition coefficient (Wildman–Crippen LogP) is 2.23. The Labute approximate surface area is 85.3 Å². The van der Waals surface area contributed by atoms with Gasteiger partial charge >= 0.3 is 18.0 Å². The molecule has 1 rings (SSSR count). The molecule has 0 spiro atoms. The molecular weight excluding hydrogens is 249 g/mol. The zero-order chi connectivity index (χ0) is 12.6. The number of rotatable bonds is 5. The summed E-state index contributed by atoms with van der Waals surface area (Å²) in [5.74, 6) is -11.4. The van der Waals surface area contributed by atoms with Gasteiger partial charge in [0.25, 0.3) is 0 Å². The third-order valence-corrected chi connectivity index (χ3v) is 1.80. The van der Waals surface area contributed by atoms with Gasteiger partial charge < -0.3 is 9.47 Å². The maximum atomic E-state index is 12.5. The monoisotopic (exact) mass is 256 g/mol. The second-order valence-electron chi connectivity index (χ2n) is 3.25. The summed E-state index contributed by atoms with van der Waals surface area (Å²) in [6.45, 7) is -2.20. The van der Waals surface area contributed by atoms with Crippen molar-refractivity contribution in [2.45, 2.75) is 24.1 Å². The fourth-order valence-electron chi connectivity index (χ4n) is 0.781. The molecule has 0 aromatic carbocycles. The maximum absolute atomic E-state index is 12.5. The molecule has 0 N–H and O–H groups in total. The highest BCUT2D eigenvalue weighted by atomic mass is 19.4. The van der Waals surface area contributed by atoms with E-state index in [0.29, 0.717) is 0 Å². The van der Waals surface area contributed by atoms with Gasteiger partial charge in [-0.05, 0) is 0 Å². The van der Waals surface area contributed by atoms with E-state index in [-0.39, 0.29) is 6.61 Å². The number of alkyl halides is 7. The standard InChI is InChI=1S/C7H7F7O2/c8-5(9,3-15-1-4-2-16-4)6(10,11)7(12,13)14/h4H,1-3H2/t4-/m1/s1. The lowest BCUT2D eigenvalue weighted by atomic mass is 10.2. The van der Waals surface area contributed by atoms with Crippen LogP contribution < -0.4 is 0 Å². The molecule has 1 aliphatic rings. The van der Waals surface area contributed by atoms with Crippen LogP contribution in [-0.4, -0.2) is 43.9 Å². The van der Waals surface area contributed by atoms with Gasteiger partial charge in [0.1, 0.15) is 12.7 Å². The van der Waals surface area contributed by atoms with E-state index in [2.05, 4.69) is 9.47 Å². The largest absolute Gasteiger partial charge is 0.459 e. The Morgan fingerprint density at radius 3 is 1.94 bits per heavy atom. The van der Waals surface area contributed by atoms with Crippen molar-refractivity contribution in [3.05, 3.63) is 0 Å². The molecule has 1 aliphatic heterocycles. The summed E-state index contributed by atoms with van der Waals surface area (Å²) in [6, 6.07) is 0. The summed E-state index contributed by atoms with van der Waals surface area (Å²) in [4.78, 5) is 0. The average molecular weight is 256 g/mol. The predicted molar refractivity (Wildman–Crippen MR) is 36.5 cm³/mol. The lowest BCUT2D eigenvalue weighted by Crippen LogP contribution is -2.54. The van der Waals surface area contributed by atoms with Crippen LogP contribution in [0.3, 0.4) is 0 Å². The quantitative estimate of drug-likeness (QED) is 0.555. The molecule has 0 amide bonds. The van der Waals surface area contributed by atoms with E-state index < -0.39 is 37.3 Å². The normalized spacial score (nSPS) is 22.3. The Morgan fingerprint density at radius 1 is 1.06 bits per heavy atom. The lowest BCUT2D eigenvalue weighted by Gasteiger charge is -2.27. The fraction of sp³-hybridized carbons (Fsp3) is 1.00. The van der Waals surface area contributed by atoms with Crippen molar-refractivity contribution in [3.8, 4) is 0 Å². The Kier molecular flexibility index (Phi) is 3.39. The van der Waals surface area contributed by atoms with Crippen LogP contribution in [0.4, 0.5) is 30.7 Å². The molecular formula is C7H7F7O2. The molecule has 96 valence electrons. The van der Waals surface area contributed by atoms with E-state index in [4.69, 9.17) is 0 Å². The molecule has 0 unspecified atom stereocenters. The molecule has 0 aliphatic carbocycles. The van der Waals surface area contributed by atoms with Crippen LogP contribution in [0.25, 0.3) is 0 Å². The van der Waals surface area contributed by atoms with Crippen molar-refractivity contribution in [1.29, 1.82) is 0 Å². The Balaban J connectivity index is 2.52. The minimum absolute atomic E-state index is 0.223. The molecule has 1 saturated heterocycles. The van der Waals surface area contributed by atoms with Gasteiger partial charge in [-0.1, -0.05) is 0 Å². The van der Waals surface area contributed by atoms with Crippen molar-refractivity contribution >= 4 is 0 Å². The molecule has 0 aromatic rings. The first kappa shape index (κ1) is 13.5. The van der Waals surface area contributed by atoms with Gasteiger partial charge in [-0.2, -0.15) is 30.7 Å². The molecule has 9 heteroatoms. The third-order valence-electron chi connectivity index (χ3n) is 1.80. The zero-order valence-corrected chi connectivity index (χ0v) is 7.66. The van der Waals surface area contributed by atoms with Gasteiger partial charge in [-0.3, -0.25) is 0 Å². The second-order valence-corrected chi connectivity index (χ2v) is 3.25. The van der Waals surface area contributed by atoms with E-state index in [9.17, 15) is 30.7 Å².